The zero-order chi connectivity index (χ0) is 20.6. The van der Waals surface area contributed by atoms with Gasteiger partial charge in [-0.05, 0) is 55.9 Å². The molecule has 2 aromatic rings. The van der Waals surface area contributed by atoms with Crippen molar-refractivity contribution in [2.24, 2.45) is 0 Å². The number of rotatable bonds is 9. The molecule has 0 N–H and O–H groups in total. The Morgan fingerprint density at radius 2 is 1.79 bits per heavy atom. The van der Waals surface area contributed by atoms with Crippen LogP contribution in [0.15, 0.2) is 36.4 Å². The zero-order valence-corrected chi connectivity index (χ0v) is 17.3. The van der Waals surface area contributed by atoms with Gasteiger partial charge in [-0.15, -0.1) is 0 Å². The largest absolute Gasteiger partial charge is 0.491 e. The molecule has 0 radical (unpaired) electrons. The standard InChI is InChI=1S/C24H30F2O3/c1-3-5-6-17-7-9-18(10-8-17)21-14-12-20(16-29-21)28-15-19-11-13-22(27-4-2)24(26)23(19)25/h7-11,13,20-21H,3-6,12,14-16H2,1-2H3. The molecule has 1 aliphatic rings. The summed E-state index contributed by atoms with van der Waals surface area (Å²) >= 11 is 0. The quantitative estimate of drug-likeness (QED) is 0.502. The van der Waals surface area contributed by atoms with Crippen molar-refractivity contribution >= 4 is 0 Å². The average molecular weight is 404 g/mol. The summed E-state index contributed by atoms with van der Waals surface area (Å²) in [5.74, 6) is -1.94. The zero-order valence-electron chi connectivity index (χ0n) is 17.3. The normalized spacial score (nSPS) is 19.3. The molecule has 29 heavy (non-hydrogen) atoms. The average Bonchev–Trinajstić information content (AvgIpc) is 2.76. The summed E-state index contributed by atoms with van der Waals surface area (Å²) in [6, 6.07) is 11.6. The molecule has 1 fully saturated rings. The van der Waals surface area contributed by atoms with Gasteiger partial charge in [-0.2, -0.15) is 4.39 Å². The number of hydrogen-bond acceptors (Lipinski definition) is 3. The summed E-state index contributed by atoms with van der Waals surface area (Å²) < 4.78 is 45.0. The van der Waals surface area contributed by atoms with Crippen molar-refractivity contribution in [2.75, 3.05) is 13.2 Å². The Labute approximate surface area is 172 Å². The Balaban J connectivity index is 1.48. The van der Waals surface area contributed by atoms with Gasteiger partial charge < -0.3 is 14.2 Å². The number of hydrogen-bond donors (Lipinski definition) is 0. The van der Waals surface area contributed by atoms with E-state index in [1.54, 1.807) is 6.92 Å². The van der Waals surface area contributed by atoms with Crippen LogP contribution in [0.4, 0.5) is 8.78 Å². The van der Waals surface area contributed by atoms with Gasteiger partial charge in [-0.3, -0.25) is 0 Å². The highest BCUT2D eigenvalue weighted by atomic mass is 19.2. The van der Waals surface area contributed by atoms with Crippen molar-refractivity contribution in [1.82, 2.24) is 0 Å². The Morgan fingerprint density at radius 3 is 2.45 bits per heavy atom. The molecule has 2 atom stereocenters. The second-order valence-corrected chi connectivity index (χ2v) is 7.46. The molecule has 2 aromatic carbocycles. The summed E-state index contributed by atoms with van der Waals surface area (Å²) in [5.41, 5.74) is 2.73. The first kappa shape index (κ1) is 21.7. The molecular weight excluding hydrogens is 374 g/mol. The summed E-state index contributed by atoms with van der Waals surface area (Å²) in [6.07, 6.45) is 5.13. The third-order valence-corrected chi connectivity index (χ3v) is 5.31. The highest BCUT2D eigenvalue weighted by Crippen LogP contribution is 2.30. The van der Waals surface area contributed by atoms with Crippen LogP contribution in [0, 0.1) is 11.6 Å². The molecule has 0 aromatic heterocycles. The van der Waals surface area contributed by atoms with Crippen molar-refractivity contribution in [3.63, 3.8) is 0 Å². The minimum atomic E-state index is -0.963. The molecule has 0 amide bonds. The van der Waals surface area contributed by atoms with Gasteiger partial charge in [0.25, 0.3) is 0 Å². The first-order chi connectivity index (χ1) is 14.1. The lowest BCUT2D eigenvalue weighted by Crippen LogP contribution is -2.27. The monoisotopic (exact) mass is 404 g/mol. The first-order valence-electron chi connectivity index (χ1n) is 10.5. The predicted molar refractivity (Wildman–Crippen MR) is 109 cm³/mol. The maximum atomic E-state index is 14.2. The summed E-state index contributed by atoms with van der Waals surface area (Å²) in [5, 5.41) is 0. The van der Waals surface area contributed by atoms with Gasteiger partial charge in [0.2, 0.25) is 5.82 Å². The van der Waals surface area contributed by atoms with E-state index in [0.29, 0.717) is 6.61 Å². The SMILES string of the molecule is CCCCc1ccc(C2CCC(OCc3ccc(OCC)c(F)c3F)CO2)cc1. The molecule has 3 rings (SSSR count). The van der Waals surface area contributed by atoms with Gasteiger partial charge >= 0.3 is 0 Å². The molecule has 3 nitrogen and oxygen atoms in total. The second kappa shape index (κ2) is 10.7. The highest BCUT2D eigenvalue weighted by Gasteiger charge is 2.24. The van der Waals surface area contributed by atoms with Crippen molar-refractivity contribution < 1.29 is 23.0 Å². The molecule has 0 aliphatic carbocycles. The molecule has 1 saturated heterocycles. The van der Waals surface area contributed by atoms with Gasteiger partial charge in [-0.25, -0.2) is 4.39 Å². The third kappa shape index (κ3) is 5.77. The van der Waals surface area contributed by atoms with Gasteiger partial charge in [0, 0.05) is 5.56 Å². The van der Waals surface area contributed by atoms with Gasteiger partial charge in [0.05, 0.1) is 32.0 Å². The molecular formula is C24H30F2O3. The van der Waals surface area contributed by atoms with Crippen molar-refractivity contribution in [3.8, 4) is 5.75 Å². The lowest BCUT2D eigenvalue weighted by atomic mass is 9.98. The summed E-state index contributed by atoms with van der Waals surface area (Å²) in [7, 11) is 0. The van der Waals surface area contributed by atoms with E-state index in [2.05, 4.69) is 31.2 Å². The lowest BCUT2D eigenvalue weighted by molar-refractivity contribution is -0.0925. The third-order valence-electron chi connectivity index (χ3n) is 5.31. The highest BCUT2D eigenvalue weighted by molar-refractivity contribution is 5.30. The van der Waals surface area contributed by atoms with Crippen molar-refractivity contribution in [1.29, 1.82) is 0 Å². The lowest BCUT2D eigenvalue weighted by Gasteiger charge is -2.29. The van der Waals surface area contributed by atoms with Gasteiger partial charge in [-0.1, -0.05) is 37.6 Å². The maximum Gasteiger partial charge on any atom is 0.200 e. The van der Waals surface area contributed by atoms with E-state index in [9.17, 15) is 8.78 Å². The van der Waals surface area contributed by atoms with Crippen LogP contribution in [0.25, 0.3) is 0 Å². The molecule has 0 bridgehead atoms. The van der Waals surface area contributed by atoms with Crippen LogP contribution >= 0.6 is 0 Å². The maximum absolute atomic E-state index is 14.2. The topological polar surface area (TPSA) is 27.7 Å². The van der Waals surface area contributed by atoms with Crippen LogP contribution in [0.2, 0.25) is 0 Å². The van der Waals surface area contributed by atoms with Crippen molar-refractivity contribution in [2.45, 2.75) is 64.8 Å². The van der Waals surface area contributed by atoms with Gasteiger partial charge in [0.1, 0.15) is 0 Å². The molecule has 0 spiro atoms. The Bertz CT molecular complexity index is 768. The summed E-state index contributed by atoms with van der Waals surface area (Å²) in [4.78, 5) is 0. The molecule has 1 aliphatic heterocycles. The molecule has 5 heteroatoms. The van der Waals surface area contributed by atoms with Crippen LogP contribution in [-0.2, 0) is 22.5 Å². The van der Waals surface area contributed by atoms with Crippen LogP contribution in [0.1, 0.15) is 62.3 Å². The predicted octanol–water partition coefficient (Wildman–Crippen LogP) is 6.14. The second-order valence-electron chi connectivity index (χ2n) is 7.46. The van der Waals surface area contributed by atoms with Crippen molar-refractivity contribution in [3.05, 3.63) is 64.7 Å². The van der Waals surface area contributed by atoms with Crippen LogP contribution in [-0.4, -0.2) is 19.3 Å². The van der Waals surface area contributed by atoms with E-state index in [4.69, 9.17) is 14.2 Å². The molecule has 2 unspecified atom stereocenters. The van der Waals surface area contributed by atoms with Crippen LogP contribution in [0.3, 0.4) is 0 Å². The fourth-order valence-corrected chi connectivity index (χ4v) is 3.56. The number of ether oxygens (including phenoxy) is 3. The van der Waals surface area contributed by atoms with E-state index in [0.717, 1.165) is 19.3 Å². The number of aryl methyl sites for hydroxylation is 1. The van der Waals surface area contributed by atoms with Gasteiger partial charge in [0.15, 0.2) is 11.6 Å². The minimum absolute atomic E-state index is 0.0139. The fourth-order valence-electron chi connectivity index (χ4n) is 3.56. The Morgan fingerprint density at radius 1 is 1.00 bits per heavy atom. The van der Waals surface area contributed by atoms with E-state index in [1.807, 2.05) is 0 Å². The Kier molecular flexibility index (Phi) is 8.01. The minimum Gasteiger partial charge on any atom is -0.491 e. The number of halogens is 2. The smallest absolute Gasteiger partial charge is 0.200 e. The van der Waals surface area contributed by atoms with E-state index in [1.165, 1.54) is 36.1 Å². The van der Waals surface area contributed by atoms with Crippen LogP contribution < -0.4 is 4.74 Å². The Hall–Kier alpha value is -1.98. The fraction of sp³-hybridized carbons (Fsp3) is 0.500. The summed E-state index contributed by atoms with van der Waals surface area (Å²) in [6.45, 7) is 4.67. The first-order valence-corrected chi connectivity index (χ1v) is 10.5. The van der Waals surface area contributed by atoms with Crippen LogP contribution in [0.5, 0.6) is 5.75 Å². The number of unbranched alkanes of at least 4 members (excludes halogenated alkanes) is 1. The number of benzene rings is 2. The molecule has 158 valence electrons. The molecule has 0 saturated carbocycles. The van der Waals surface area contributed by atoms with E-state index < -0.39 is 11.6 Å². The molecule has 1 heterocycles. The van der Waals surface area contributed by atoms with E-state index in [-0.39, 0.29) is 36.7 Å². The van der Waals surface area contributed by atoms with E-state index >= 15 is 0 Å².